The van der Waals surface area contributed by atoms with Gasteiger partial charge in [0.25, 0.3) is 0 Å². The molecule has 0 aromatic rings. The van der Waals surface area contributed by atoms with Gasteiger partial charge in [0, 0.05) is 6.92 Å². The Morgan fingerprint density at radius 1 is 1.50 bits per heavy atom. The van der Waals surface area contributed by atoms with Crippen molar-refractivity contribution in [3.8, 4) is 6.07 Å². The normalized spacial score (nSPS) is 5.20. The highest BCUT2D eigenvalue weighted by molar-refractivity contribution is 6.40. The second-order valence-electron chi connectivity index (χ2n) is 1.23. The molecular formula is C6H11Cl2NO. The number of ketones is 1. The molecule has 60 valence electrons. The maximum Gasteiger partial charge on any atom is 0.126 e. The molecule has 0 rings (SSSR count). The lowest BCUT2D eigenvalue weighted by Gasteiger charge is -1.56. The van der Waals surface area contributed by atoms with Gasteiger partial charge >= 0.3 is 0 Å². The third-order valence-electron chi connectivity index (χ3n) is 0. The molecule has 0 bridgehead atoms. The van der Waals surface area contributed by atoms with Crippen molar-refractivity contribution < 1.29 is 4.79 Å². The molecule has 0 spiro atoms. The van der Waals surface area contributed by atoms with Gasteiger partial charge in [-0.25, -0.2) is 0 Å². The van der Waals surface area contributed by atoms with E-state index < -0.39 is 0 Å². The van der Waals surface area contributed by atoms with Crippen molar-refractivity contribution in [2.24, 2.45) is 0 Å². The molecule has 0 amide bonds. The van der Waals surface area contributed by atoms with Crippen LogP contribution in [0.3, 0.4) is 0 Å². The molecular weight excluding hydrogens is 173 g/mol. The molecule has 0 heterocycles. The van der Waals surface area contributed by atoms with Crippen molar-refractivity contribution in [1.82, 2.24) is 0 Å². The Labute approximate surface area is 71.7 Å². The summed E-state index contributed by atoms with van der Waals surface area (Å²) in [6, 6.07) is 1.75. The van der Waals surface area contributed by atoms with Crippen LogP contribution in [-0.4, -0.2) is 11.1 Å². The fraction of sp³-hybridized carbons (Fsp3) is 0.667. The van der Waals surface area contributed by atoms with Crippen LogP contribution in [0.5, 0.6) is 0 Å². The van der Waals surface area contributed by atoms with E-state index in [0.29, 0.717) is 0 Å². The molecule has 0 aromatic carbocycles. The summed E-state index contributed by atoms with van der Waals surface area (Å²) in [5, 5.41) is 7.51. The monoisotopic (exact) mass is 183 g/mol. The lowest BCUT2D eigenvalue weighted by atomic mass is 10.6. The maximum absolute atomic E-state index is 9.44. The quantitative estimate of drug-likeness (QED) is 0.542. The predicted octanol–water partition coefficient (Wildman–Crippen LogP) is 2.55. The highest BCUT2D eigenvalue weighted by atomic mass is 35.5. The fourth-order valence-electron chi connectivity index (χ4n) is 0. The summed E-state index contributed by atoms with van der Waals surface area (Å²) >= 11 is 9.53. The number of alkyl halides is 2. The van der Waals surface area contributed by atoms with Crippen LogP contribution in [0.1, 0.15) is 20.8 Å². The molecule has 0 aliphatic carbocycles. The SMILES string of the molecule is CC#N.CC(C)=O.ClCCl. The highest BCUT2D eigenvalue weighted by Gasteiger charge is 1.62. The summed E-state index contributed by atoms with van der Waals surface area (Å²) in [5.41, 5.74) is 0. The van der Waals surface area contributed by atoms with Crippen LogP contribution in [0.15, 0.2) is 0 Å². The van der Waals surface area contributed by atoms with Crippen LogP contribution in [0.4, 0.5) is 0 Å². The third kappa shape index (κ3) is 5200. The van der Waals surface area contributed by atoms with E-state index in [2.05, 4.69) is 0 Å². The Bertz CT molecular complexity index is 94.4. The van der Waals surface area contributed by atoms with Crippen molar-refractivity contribution >= 4 is 29.0 Å². The summed E-state index contributed by atoms with van der Waals surface area (Å²) in [6.07, 6.45) is 0. The van der Waals surface area contributed by atoms with Gasteiger partial charge in [0.1, 0.15) is 5.78 Å². The summed E-state index contributed by atoms with van der Waals surface area (Å²) in [6.45, 7) is 4.49. The zero-order valence-electron chi connectivity index (χ0n) is 6.32. The zero-order chi connectivity index (χ0) is 8.99. The Kier molecular flexibility index (Phi) is 38.2. The van der Waals surface area contributed by atoms with Gasteiger partial charge < -0.3 is 4.79 Å². The summed E-state index contributed by atoms with van der Waals surface area (Å²) in [4.78, 5) is 9.44. The summed E-state index contributed by atoms with van der Waals surface area (Å²) < 4.78 is 0. The van der Waals surface area contributed by atoms with Crippen molar-refractivity contribution in [2.75, 3.05) is 5.34 Å². The summed E-state index contributed by atoms with van der Waals surface area (Å²) in [7, 11) is 0. The molecule has 0 atom stereocenters. The van der Waals surface area contributed by atoms with Gasteiger partial charge in [-0.2, -0.15) is 5.26 Å². The van der Waals surface area contributed by atoms with Crippen LogP contribution in [0.2, 0.25) is 0 Å². The Morgan fingerprint density at radius 2 is 1.50 bits per heavy atom. The van der Waals surface area contributed by atoms with Gasteiger partial charge in [-0.15, -0.1) is 23.2 Å². The number of nitriles is 1. The molecule has 4 heteroatoms. The maximum atomic E-state index is 9.44. The molecule has 0 saturated heterocycles. The van der Waals surface area contributed by atoms with Gasteiger partial charge in [-0.3, -0.25) is 0 Å². The second-order valence-corrected chi connectivity index (χ2v) is 2.04. The van der Waals surface area contributed by atoms with E-state index in [1.165, 1.54) is 20.8 Å². The average Bonchev–Trinajstić information content (AvgIpc) is 1.65. The highest BCUT2D eigenvalue weighted by Crippen LogP contribution is 1.73. The van der Waals surface area contributed by atoms with E-state index in [-0.39, 0.29) is 11.1 Å². The van der Waals surface area contributed by atoms with Crippen LogP contribution in [-0.2, 0) is 4.79 Å². The van der Waals surface area contributed by atoms with Crippen molar-refractivity contribution in [1.29, 1.82) is 5.26 Å². The van der Waals surface area contributed by atoms with Crippen LogP contribution in [0.25, 0.3) is 0 Å². The van der Waals surface area contributed by atoms with Crippen molar-refractivity contribution in [2.45, 2.75) is 20.8 Å². The van der Waals surface area contributed by atoms with Crippen LogP contribution >= 0.6 is 23.2 Å². The van der Waals surface area contributed by atoms with Crippen molar-refractivity contribution in [3.63, 3.8) is 0 Å². The standard InChI is InChI=1S/C3H6O.C2H3N.CH2Cl2/c1-3(2)4;1-2-3;2-1-3/h1-2H3;1H3;1H2. The number of nitrogens with zero attached hydrogens (tertiary/aromatic N) is 1. The van der Waals surface area contributed by atoms with Gasteiger partial charge in [0.2, 0.25) is 0 Å². The first-order valence-corrected chi connectivity index (χ1v) is 3.53. The molecule has 0 N–H and O–H groups in total. The first-order chi connectivity index (χ1) is 4.56. The molecule has 0 radical (unpaired) electrons. The molecule has 0 aromatic heterocycles. The van der Waals surface area contributed by atoms with Crippen LogP contribution in [0, 0.1) is 11.3 Å². The van der Waals surface area contributed by atoms with Gasteiger partial charge in [0.15, 0.2) is 0 Å². The van der Waals surface area contributed by atoms with E-state index in [0.717, 1.165) is 0 Å². The van der Waals surface area contributed by atoms with Crippen LogP contribution < -0.4 is 0 Å². The fourth-order valence-corrected chi connectivity index (χ4v) is 0. The van der Waals surface area contributed by atoms with Crippen molar-refractivity contribution in [3.05, 3.63) is 0 Å². The number of halogens is 2. The molecule has 0 unspecified atom stereocenters. The van der Waals surface area contributed by atoms with E-state index >= 15 is 0 Å². The number of hydrogen-bond acceptors (Lipinski definition) is 2. The molecule has 10 heavy (non-hydrogen) atoms. The minimum Gasteiger partial charge on any atom is -0.300 e. The molecule has 0 saturated carbocycles. The van der Waals surface area contributed by atoms with Gasteiger partial charge in [-0.05, 0) is 13.8 Å². The lowest BCUT2D eigenvalue weighted by molar-refractivity contribution is -0.114. The van der Waals surface area contributed by atoms with E-state index in [1.54, 1.807) is 6.07 Å². The Morgan fingerprint density at radius 3 is 1.50 bits per heavy atom. The van der Waals surface area contributed by atoms with E-state index in [9.17, 15) is 4.79 Å². The number of carbonyl (C=O) groups is 1. The third-order valence-corrected chi connectivity index (χ3v) is 0. The number of carbonyl (C=O) groups excluding carboxylic acids is 1. The average molecular weight is 184 g/mol. The molecule has 0 fully saturated rings. The smallest absolute Gasteiger partial charge is 0.126 e. The number of rotatable bonds is 0. The molecule has 0 aliphatic rings. The largest absolute Gasteiger partial charge is 0.300 e. The van der Waals surface area contributed by atoms with E-state index in [4.69, 9.17) is 28.5 Å². The lowest BCUT2D eigenvalue weighted by Crippen LogP contribution is -1.69. The first-order valence-electron chi connectivity index (χ1n) is 2.46. The van der Waals surface area contributed by atoms with E-state index in [1.807, 2.05) is 0 Å². The number of hydrogen-bond donors (Lipinski definition) is 0. The molecule has 0 aliphatic heterocycles. The zero-order valence-corrected chi connectivity index (χ0v) is 7.83. The summed E-state index contributed by atoms with van der Waals surface area (Å²) in [5.74, 6) is 0.167. The molecule has 2 nitrogen and oxygen atoms in total. The van der Waals surface area contributed by atoms with Gasteiger partial charge in [0.05, 0.1) is 11.4 Å². The second kappa shape index (κ2) is 23.3. The Hall–Kier alpha value is -0.260. The minimum absolute atomic E-state index is 0.167. The topological polar surface area (TPSA) is 40.9 Å². The first kappa shape index (κ1) is 16.4. The van der Waals surface area contributed by atoms with Gasteiger partial charge in [-0.1, -0.05) is 0 Å². The Balaban J connectivity index is -0.0000000750. The number of Topliss-reactive ketones (excluding diaryl/α,β-unsaturated/α-hetero) is 1. The predicted molar refractivity (Wildman–Crippen MR) is 44.2 cm³/mol. The minimum atomic E-state index is 0.167.